The van der Waals surface area contributed by atoms with Gasteiger partial charge in [0, 0.05) is 0 Å². The number of hydrogen-bond donors (Lipinski definition) is 0. The van der Waals surface area contributed by atoms with Crippen molar-refractivity contribution < 1.29 is 0 Å². The third kappa shape index (κ3) is 9.64. The molecule has 0 aliphatic carbocycles. The number of nitroso groups, excluding NO2 is 1. The molecule has 0 unspecified atom stereocenters. The van der Waals surface area contributed by atoms with Gasteiger partial charge in [0.05, 0.1) is 6.54 Å². The molecule has 2 nitrogen and oxygen atoms in total. The van der Waals surface area contributed by atoms with E-state index in [0.29, 0.717) is 6.54 Å². The molecule has 0 bridgehead atoms. The highest BCUT2D eigenvalue weighted by molar-refractivity contribution is 5.02. The van der Waals surface area contributed by atoms with Gasteiger partial charge >= 0.3 is 0 Å². The van der Waals surface area contributed by atoms with Crippen molar-refractivity contribution >= 4 is 0 Å². The molecule has 0 N–H and O–H groups in total. The summed E-state index contributed by atoms with van der Waals surface area (Å²) in [4.78, 5) is 10.1. The third-order valence-electron chi connectivity index (χ3n) is 2.62. The van der Waals surface area contributed by atoms with Crippen molar-refractivity contribution in [1.82, 2.24) is 0 Å². The molecule has 0 spiro atoms. The number of rotatable bonds is 10. The maximum Gasteiger partial charge on any atom is 0.0848 e. The second-order valence-corrected chi connectivity index (χ2v) is 4.06. The summed E-state index contributed by atoms with van der Waals surface area (Å²) < 4.78 is 0. The zero-order valence-corrected chi connectivity index (χ0v) is 10.3. The fourth-order valence-corrected chi connectivity index (χ4v) is 1.63. The standard InChI is InChI=1S/C13H25NO/c1-3-5-7-9-13(11-12-14-15)10-8-6-4-2/h9H,3-8,10-12H2,1-2H3/b13-9+. The van der Waals surface area contributed by atoms with Crippen molar-refractivity contribution in [2.45, 2.75) is 65.2 Å². The van der Waals surface area contributed by atoms with Crippen LogP contribution < -0.4 is 0 Å². The molecule has 0 saturated heterocycles. The van der Waals surface area contributed by atoms with Gasteiger partial charge in [0.1, 0.15) is 0 Å². The van der Waals surface area contributed by atoms with Crippen LogP contribution in [-0.2, 0) is 0 Å². The van der Waals surface area contributed by atoms with E-state index in [1.165, 1.54) is 37.7 Å². The van der Waals surface area contributed by atoms with Crippen molar-refractivity contribution in [2.24, 2.45) is 5.18 Å². The third-order valence-corrected chi connectivity index (χ3v) is 2.62. The van der Waals surface area contributed by atoms with Crippen LogP contribution in [0.25, 0.3) is 0 Å². The lowest BCUT2D eigenvalue weighted by molar-refractivity contribution is 0.690. The Hall–Kier alpha value is -0.660. The summed E-state index contributed by atoms with van der Waals surface area (Å²) in [6.45, 7) is 4.87. The van der Waals surface area contributed by atoms with Crippen molar-refractivity contribution in [2.75, 3.05) is 6.54 Å². The Morgan fingerprint density at radius 2 is 1.80 bits per heavy atom. The van der Waals surface area contributed by atoms with Crippen LogP contribution in [0.5, 0.6) is 0 Å². The first-order valence-electron chi connectivity index (χ1n) is 6.32. The molecular weight excluding hydrogens is 186 g/mol. The van der Waals surface area contributed by atoms with Crippen LogP contribution in [0.15, 0.2) is 16.8 Å². The average molecular weight is 211 g/mol. The van der Waals surface area contributed by atoms with E-state index in [-0.39, 0.29) is 0 Å². The van der Waals surface area contributed by atoms with E-state index in [1.54, 1.807) is 0 Å². The van der Waals surface area contributed by atoms with Crippen LogP contribution >= 0.6 is 0 Å². The summed E-state index contributed by atoms with van der Waals surface area (Å²) in [5.74, 6) is 0. The van der Waals surface area contributed by atoms with E-state index in [9.17, 15) is 4.91 Å². The van der Waals surface area contributed by atoms with Gasteiger partial charge in [0.15, 0.2) is 0 Å². The minimum absolute atomic E-state index is 0.448. The molecule has 0 heterocycles. The summed E-state index contributed by atoms with van der Waals surface area (Å²) >= 11 is 0. The summed E-state index contributed by atoms with van der Waals surface area (Å²) in [6, 6.07) is 0. The SMILES string of the molecule is CCCC/C=C(\CCCCC)CCN=O. The first-order chi connectivity index (χ1) is 7.35. The van der Waals surface area contributed by atoms with Crippen molar-refractivity contribution in [3.05, 3.63) is 16.6 Å². The van der Waals surface area contributed by atoms with Gasteiger partial charge in [-0.2, -0.15) is 4.91 Å². The summed E-state index contributed by atoms with van der Waals surface area (Å²) in [5, 5.41) is 2.94. The molecule has 0 aliphatic rings. The first-order valence-corrected chi connectivity index (χ1v) is 6.32. The zero-order chi connectivity index (χ0) is 11.4. The van der Waals surface area contributed by atoms with Gasteiger partial charge < -0.3 is 0 Å². The number of nitrogens with zero attached hydrogens (tertiary/aromatic N) is 1. The average Bonchev–Trinajstić information content (AvgIpc) is 2.25. The summed E-state index contributed by atoms with van der Waals surface area (Å²) in [5.41, 5.74) is 1.44. The Balaban J connectivity index is 3.81. The topological polar surface area (TPSA) is 29.4 Å². The first kappa shape index (κ1) is 14.3. The van der Waals surface area contributed by atoms with Crippen LogP contribution in [0.3, 0.4) is 0 Å². The molecule has 2 heteroatoms. The highest BCUT2D eigenvalue weighted by atomic mass is 16.3. The Bertz CT molecular complexity index is 175. The van der Waals surface area contributed by atoms with E-state index in [1.807, 2.05) is 0 Å². The lowest BCUT2D eigenvalue weighted by atomic mass is 10.0. The second kappa shape index (κ2) is 11.4. The van der Waals surface area contributed by atoms with E-state index in [0.717, 1.165) is 19.3 Å². The lowest BCUT2D eigenvalue weighted by Crippen LogP contribution is -1.89. The summed E-state index contributed by atoms with van der Waals surface area (Å²) in [6.07, 6.45) is 11.8. The molecule has 0 rings (SSSR count). The number of unbranched alkanes of at least 4 members (excludes halogenated alkanes) is 4. The molecule has 0 aromatic heterocycles. The minimum atomic E-state index is 0.448. The molecule has 15 heavy (non-hydrogen) atoms. The van der Waals surface area contributed by atoms with Crippen LogP contribution in [0, 0.1) is 4.91 Å². The normalized spacial score (nSPS) is 11.7. The number of hydrogen-bond acceptors (Lipinski definition) is 2. The van der Waals surface area contributed by atoms with E-state index >= 15 is 0 Å². The molecule has 0 aromatic rings. The van der Waals surface area contributed by atoms with Gasteiger partial charge in [-0.3, -0.25) is 0 Å². The molecule has 0 aliphatic heterocycles. The van der Waals surface area contributed by atoms with Crippen LogP contribution in [0.4, 0.5) is 0 Å². The zero-order valence-electron chi connectivity index (χ0n) is 10.3. The van der Waals surface area contributed by atoms with Crippen molar-refractivity contribution in [3.63, 3.8) is 0 Å². The molecule has 0 aromatic carbocycles. The minimum Gasteiger partial charge on any atom is -0.151 e. The lowest BCUT2D eigenvalue weighted by Gasteiger charge is -2.05. The quantitative estimate of drug-likeness (QED) is 0.289. The van der Waals surface area contributed by atoms with Crippen LogP contribution in [0.1, 0.15) is 65.2 Å². The Morgan fingerprint density at radius 3 is 2.40 bits per heavy atom. The van der Waals surface area contributed by atoms with Gasteiger partial charge in [-0.25, -0.2) is 0 Å². The maximum atomic E-state index is 10.1. The molecule has 0 amide bonds. The number of allylic oxidation sites excluding steroid dienone is 1. The highest BCUT2D eigenvalue weighted by Crippen LogP contribution is 2.14. The molecule has 0 radical (unpaired) electrons. The van der Waals surface area contributed by atoms with Crippen LogP contribution in [0.2, 0.25) is 0 Å². The van der Waals surface area contributed by atoms with E-state index < -0.39 is 0 Å². The van der Waals surface area contributed by atoms with Gasteiger partial charge in [0.2, 0.25) is 0 Å². The molecule has 88 valence electrons. The predicted molar refractivity (Wildman–Crippen MR) is 67.0 cm³/mol. The van der Waals surface area contributed by atoms with E-state index in [4.69, 9.17) is 0 Å². The van der Waals surface area contributed by atoms with Gasteiger partial charge in [-0.05, 0) is 25.7 Å². The van der Waals surface area contributed by atoms with Gasteiger partial charge in [-0.1, -0.05) is 56.4 Å². The molecule has 0 saturated carbocycles. The smallest absolute Gasteiger partial charge is 0.0848 e. The van der Waals surface area contributed by atoms with Gasteiger partial charge in [0.25, 0.3) is 0 Å². The monoisotopic (exact) mass is 211 g/mol. The fraction of sp³-hybridized carbons (Fsp3) is 0.846. The highest BCUT2D eigenvalue weighted by Gasteiger charge is 1.97. The van der Waals surface area contributed by atoms with E-state index in [2.05, 4.69) is 25.1 Å². The Labute approximate surface area is 94.1 Å². The Kier molecular flexibility index (Phi) is 10.9. The predicted octanol–water partition coefficient (Wildman–Crippen LogP) is 4.84. The Morgan fingerprint density at radius 1 is 1.07 bits per heavy atom. The molecule has 0 fully saturated rings. The maximum absolute atomic E-state index is 10.1. The molecular formula is C13H25NO. The van der Waals surface area contributed by atoms with Crippen molar-refractivity contribution in [1.29, 1.82) is 0 Å². The van der Waals surface area contributed by atoms with Crippen molar-refractivity contribution in [3.8, 4) is 0 Å². The van der Waals surface area contributed by atoms with Gasteiger partial charge in [-0.15, -0.1) is 0 Å². The fourth-order valence-electron chi connectivity index (χ4n) is 1.63. The largest absolute Gasteiger partial charge is 0.151 e. The molecule has 0 atom stereocenters. The van der Waals surface area contributed by atoms with Crippen LogP contribution in [-0.4, -0.2) is 6.54 Å². The summed E-state index contributed by atoms with van der Waals surface area (Å²) in [7, 11) is 0. The second-order valence-electron chi connectivity index (χ2n) is 4.06.